The number of phenols is 1. The molecule has 0 unspecified atom stereocenters. The largest absolute Gasteiger partial charge is 0.506 e. The minimum absolute atomic E-state index is 0.227. The quantitative estimate of drug-likeness (QED) is 0.897. The average molecular weight is 375 g/mol. The monoisotopic (exact) mass is 374 g/mol. The van der Waals surface area contributed by atoms with Gasteiger partial charge >= 0.3 is 0 Å². The topological polar surface area (TPSA) is 60.9 Å². The first-order valence-electron chi connectivity index (χ1n) is 8.84. The van der Waals surface area contributed by atoms with E-state index in [0.29, 0.717) is 31.1 Å². The summed E-state index contributed by atoms with van der Waals surface area (Å²) in [7, 11) is -3.54. The summed E-state index contributed by atoms with van der Waals surface area (Å²) in [5.74, 6) is 0.227. The van der Waals surface area contributed by atoms with Crippen molar-refractivity contribution in [3.05, 3.63) is 52.6 Å². The van der Waals surface area contributed by atoms with Gasteiger partial charge in [-0.05, 0) is 62.1 Å². The molecule has 1 aliphatic heterocycles. The van der Waals surface area contributed by atoms with Crippen LogP contribution in [0.15, 0.2) is 35.2 Å². The minimum Gasteiger partial charge on any atom is -0.506 e. The van der Waals surface area contributed by atoms with Gasteiger partial charge in [0.15, 0.2) is 0 Å². The maximum Gasteiger partial charge on any atom is 0.243 e. The highest BCUT2D eigenvalue weighted by Crippen LogP contribution is 2.31. The van der Waals surface area contributed by atoms with Crippen molar-refractivity contribution in [2.45, 2.75) is 32.6 Å². The predicted octanol–water partition coefficient (Wildman–Crippen LogP) is 3.14. The second-order valence-corrected chi connectivity index (χ2v) is 8.84. The molecule has 0 spiro atoms. The lowest BCUT2D eigenvalue weighted by atomic mass is 10.0. The van der Waals surface area contributed by atoms with E-state index in [1.54, 1.807) is 16.4 Å². The molecular weight excluding hydrogens is 348 g/mol. The Labute approximate surface area is 155 Å². The summed E-state index contributed by atoms with van der Waals surface area (Å²) in [6.45, 7) is 9.60. The van der Waals surface area contributed by atoms with Crippen molar-refractivity contribution in [1.29, 1.82) is 0 Å². The minimum atomic E-state index is -3.54. The van der Waals surface area contributed by atoms with E-state index in [9.17, 15) is 13.5 Å². The molecule has 0 aromatic heterocycles. The van der Waals surface area contributed by atoms with Gasteiger partial charge in [-0.15, -0.1) is 0 Å². The molecule has 26 heavy (non-hydrogen) atoms. The van der Waals surface area contributed by atoms with E-state index in [4.69, 9.17) is 0 Å². The third-order valence-electron chi connectivity index (χ3n) is 5.36. The van der Waals surface area contributed by atoms with Crippen molar-refractivity contribution in [2.75, 3.05) is 31.1 Å². The van der Waals surface area contributed by atoms with Gasteiger partial charge in [-0.25, -0.2) is 8.42 Å². The Kier molecular flexibility index (Phi) is 4.99. The molecule has 0 amide bonds. The number of rotatable bonds is 3. The first-order chi connectivity index (χ1) is 12.2. The number of aromatic hydroxyl groups is 1. The Bertz CT molecular complexity index is 904. The molecule has 140 valence electrons. The smallest absolute Gasteiger partial charge is 0.243 e. The van der Waals surface area contributed by atoms with Crippen molar-refractivity contribution in [2.24, 2.45) is 0 Å². The Morgan fingerprint density at radius 2 is 1.42 bits per heavy atom. The van der Waals surface area contributed by atoms with Crippen LogP contribution < -0.4 is 4.90 Å². The van der Waals surface area contributed by atoms with Gasteiger partial charge in [0.05, 0.1) is 10.6 Å². The van der Waals surface area contributed by atoms with Crippen LogP contribution >= 0.6 is 0 Å². The van der Waals surface area contributed by atoms with Gasteiger partial charge in [-0.1, -0.05) is 18.2 Å². The standard InChI is InChI=1S/C20H26N2O3S/c1-14-13-15(2)17(4)20(16(14)3)26(24,25)22-11-9-21(10-12-22)18-7-5-6-8-19(18)23/h5-8,13,23H,9-12H2,1-4H3. The second kappa shape index (κ2) is 6.93. The zero-order chi connectivity index (χ0) is 19.1. The maximum absolute atomic E-state index is 13.3. The van der Waals surface area contributed by atoms with Gasteiger partial charge in [0.1, 0.15) is 5.75 Å². The molecule has 5 nitrogen and oxygen atoms in total. The SMILES string of the molecule is Cc1cc(C)c(C)c(S(=O)(=O)N2CCN(c3ccccc3O)CC2)c1C. The number of piperazine rings is 1. The lowest BCUT2D eigenvalue weighted by Gasteiger charge is -2.36. The molecule has 1 heterocycles. The second-order valence-electron chi connectivity index (χ2n) is 6.97. The fourth-order valence-corrected chi connectivity index (χ4v) is 5.60. The molecular formula is C20H26N2O3S. The van der Waals surface area contributed by atoms with Crippen LogP contribution in [0.1, 0.15) is 22.3 Å². The fraction of sp³-hybridized carbons (Fsp3) is 0.400. The summed E-state index contributed by atoms with van der Waals surface area (Å²) in [5.41, 5.74) is 4.41. The zero-order valence-electron chi connectivity index (χ0n) is 15.8. The molecule has 3 rings (SSSR count). The summed E-state index contributed by atoms with van der Waals surface area (Å²) < 4.78 is 28.2. The van der Waals surface area contributed by atoms with Crippen LogP contribution in [0, 0.1) is 27.7 Å². The van der Waals surface area contributed by atoms with Gasteiger partial charge in [-0.2, -0.15) is 4.31 Å². The van der Waals surface area contributed by atoms with Crippen LogP contribution in [0.4, 0.5) is 5.69 Å². The lowest BCUT2D eigenvalue weighted by molar-refractivity contribution is 0.381. The van der Waals surface area contributed by atoms with E-state index < -0.39 is 10.0 Å². The number of phenolic OH excluding ortho intramolecular Hbond substituents is 1. The highest BCUT2D eigenvalue weighted by molar-refractivity contribution is 7.89. The van der Waals surface area contributed by atoms with Crippen LogP contribution in [0.5, 0.6) is 5.75 Å². The average Bonchev–Trinajstić information content (AvgIpc) is 2.61. The normalized spacial score (nSPS) is 16.1. The Balaban J connectivity index is 1.87. The molecule has 2 aromatic rings. The molecule has 1 aliphatic rings. The third-order valence-corrected chi connectivity index (χ3v) is 7.53. The first-order valence-corrected chi connectivity index (χ1v) is 10.3. The van der Waals surface area contributed by atoms with Crippen LogP contribution in [-0.2, 0) is 10.0 Å². The first kappa shape index (κ1) is 18.7. The number of anilines is 1. The van der Waals surface area contributed by atoms with Gasteiger partial charge in [-0.3, -0.25) is 0 Å². The molecule has 1 N–H and O–H groups in total. The molecule has 0 atom stereocenters. The summed E-state index contributed by atoms with van der Waals surface area (Å²) in [5, 5.41) is 10.0. The number of para-hydroxylation sites is 2. The van der Waals surface area contributed by atoms with Crippen molar-refractivity contribution in [1.82, 2.24) is 4.31 Å². The van der Waals surface area contributed by atoms with Crippen LogP contribution in [0.25, 0.3) is 0 Å². The predicted molar refractivity (Wildman–Crippen MR) is 104 cm³/mol. The van der Waals surface area contributed by atoms with Gasteiger partial charge in [0.2, 0.25) is 10.0 Å². The van der Waals surface area contributed by atoms with E-state index in [-0.39, 0.29) is 5.75 Å². The zero-order valence-corrected chi connectivity index (χ0v) is 16.6. The fourth-order valence-electron chi connectivity index (χ4n) is 3.60. The Morgan fingerprint density at radius 3 is 1.96 bits per heavy atom. The summed E-state index contributed by atoms with van der Waals surface area (Å²) in [6.07, 6.45) is 0. The van der Waals surface area contributed by atoms with Crippen LogP contribution in [0.2, 0.25) is 0 Å². The maximum atomic E-state index is 13.3. The number of benzene rings is 2. The van der Waals surface area contributed by atoms with Gasteiger partial charge in [0.25, 0.3) is 0 Å². The van der Waals surface area contributed by atoms with E-state index in [2.05, 4.69) is 0 Å². The van der Waals surface area contributed by atoms with Crippen LogP contribution in [-0.4, -0.2) is 44.0 Å². The summed E-state index contributed by atoms with van der Waals surface area (Å²) in [6, 6.07) is 9.21. The highest BCUT2D eigenvalue weighted by Gasteiger charge is 2.32. The lowest BCUT2D eigenvalue weighted by Crippen LogP contribution is -2.49. The number of hydrogen-bond donors (Lipinski definition) is 1. The Morgan fingerprint density at radius 1 is 0.885 bits per heavy atom. The van der Waals surface area contributed by atoms with Gasteiger partial charge in [0, 0.05) is 26.2 Å². The van der Waals surface area contributed by atoms with E-state index in [1.165, 1.54) is 0 Å². The molecule has 6 heteroatoms. The molecule has 0 saturated carbocycles. The van der Waals surface area contributed by atoms with Crippen molar-refractivity contribution in [3.63, 3.8) is 0 Å². The highest BCUT2D eigenvalue weighted by atomic mass is 32.2. The van der Waals surface area contributed by atoms with E-state index in [0.717, 1.165) is 27.9 Å². The Hall–Kier alpha value is -2.05. The van der Waals surface area contributed by atoms with Crippen molar-refractivity contribution in [3.8, 4) is 5.75 Å². The number of aryl methyl sites for hydroxylation is 2. The number of nitrogens with zero attached hydrogens (tertiary/aromatic N) is 2. The molecule has 2 aromatic carbocycles. The molecule has 1 fully saturated rings. The summed E-state index contributed by atoms with van der Waals surface area (Å²) in [4.78, 5) is 2.48. The summed E-state index contributed by atoms with van der Waals surface area (Å²) >= 11 is 0. The number of sulfonamides is 1. The van der Waals surface area contributed by atoms with Crippen molar-refractivity contribution < 1.29 is 13.5 Å². The van der Waals surface area contributed by atoms with Crippen molar-refractivity contribution >= 4 is 15.7 Å². The third kappa shape index (κ3) is 3.19. The van der Waals surface area contributed by atoms with Gasteiger partial charge < -0.3 is 10.0 Å². The number of hydrogen-bond acceptors (Lipinski definition) is 4. The molecule has 1 saturated heterocycles. The van der Waals surface area contributed by atoms with E-state index >= 15 is 0 Å². The molecule has 0 radical (unpaired) electrons. The van der Waals surface area contributed by atoms with E-state index in [1.807, 2.05) is 50.8 Å². The van der Waals surface area contributed by atoms with Crippen LogP contribution in [0.3, 0.4) is 0 Å². The molecule has 0 aliphatic carbocycles. The molecule has 0 bridgehead atoms.